The van der Waals surface area contributed by atoms with Gasteiger partial charge in [0, 0.05) is 20.1 Å². The van der Waals surface area contributed by atoms with Crippen LogP contribution in [0.4, 0.5) is 0 Å². The minimum Gasteiger partial charge on any atom is -0.384 e. The summed E-state index contributed by atoms with van der Waals surface area (Å²) >= 11 is 0. The van der Waals surface area contributed by atoms with Crippen molar-refractivity contribution in [1.82, 2.24) is 14.8 Å². The Morgan fingerprint density at radius 2 is 2.43 bits per heavy atom. The van der Waals surface area contributed by atoms with Gasteiger partial charge in [0.2, 0.25) is 0 Å². The molecule has 0 fully saturated rings. The van der Waals surface area contributed by atoms with Crippen LogP contribution in [0.25, 0.3) is 0 Å². The summed E-state index contributed by atoms with van der Waals surface area (Å²) in [6.07, 6.45) is 2.26. The third-order valence-corrected chi connectivity index (χ3v) is 1.94. The van der Waals surface area contributed by atoms with Crippen molar-refractivity contribution >= 4 is 5.78 Å². The second kappa shape index (κ2) is 5.49. The first kappa shape index (κ1) is 10.8. The van der Waals surface area contributed by atoms with E-state index < -0.39 is 0 Å². The van der Waals surface area contributed by atoms with E-state index >= 15 is 0 Å². The van der Waals surface area contributed by atoms with Crippen LogP contribution in [0.3, 0.4) is 0 Å². The predicted molar refractivity (Wildman–Crippen MR) is 50.9 cm³/mol. The van der Waals surface area contributed by atoms with Gasteiger partial charge in [-0.05, 0) is 6.92 Å². The van der Waals surface area contributed by atoms with Gasteiger partial charge in [-0.1, -0.05) is 0 Å². The molecule has 0 bridgehead atoms. The van der Waals surface area contributed by atoms with E-state index in [0.29, 0.717) is 19.4 Å². The molecule has 5 nitrogen and oxygen atoms in total. The minimum atomic E-state index is 0.134. The average Bonchev–Trinajstić information content (AvgIpc) is 2.62. The molecule has 0 amide bonds. The molecule has 0 atom stereocenters. The van der Waals surface area contributed by atoms with Crippen LogP contribution in [-0.2, 0) is 22.5 Å². The van der Waals surface area contributed by atoms with Crippen molar-refractivity contribution < 1.29 is 9.53 Å². The number of Topliss-reactive ketones (excluding diaryl/α,β-unsaturated/α-hetero) is 1. The first-order valence-electron chi connectivity index (χ1n) is 4.65. The van der Waals surface area contributed by atoms with Crippen molar-refractivity contribution in [3.8, 4) is 0 Å². The van der Waals surface area contributed by atoms with Crippen LogP contribution in [-0.4, -0.2) is 34.3 Å². The van der Waals surface area contributed by atoms with Crippen LogP contribution >= 0.6 is 0 Å². The van der Waals surface area contributed by atoms with Gasteiger partial charge < -0.3 is 4.74 Å². The summed E-state index contributed by atoms with van der Waals surface area (Å²) < 4.78 is 6.55. The zero-order valence-corrected chi connectivity index (χ0v) is 8.56. The van der Waals surface area contributed by atoms with Crippen molar-refractivity contribution in [3.05, 3.63) is 12.2 Å². The Balaban J connectivity index is 2.47. The number of carbonyl (C=O) groups is 1. The van der Waals surface area contributed by atoms with Crippen LogP contribution in [0.15, 0.2) is 6.33 Å². The molecule has 0 aliphatic carbocycles. The number of carbonyl (C=O) groups excluding carboxylic acids is 1. The highest BCUT2D eigenvalue weighted by atomic mass is 16.5. The lowest BCUT2D eigenvalue weighted by molar-refractivity contribution is -0.119. The number of hydrogen-bond acceptors (Lipinski definition) is 4. The van der Waals surface area contributed by atoms with Gasteiger partial charge in [-0.2, -0.15) is 5.10 Å². The lowest BCUT2D eigenvalue weighted by Crippen LogP contribution is -2.11. The summed E-state index contributed by atoms with van der Waals surface area (Å²) in [5.41, 5.74) is 0. The molecule has 0 N–H and O–H groups in total. The topological polar surface area (TPSA) is 57.0 Å². The highest BCUT2D eigenvalue weighted by molar-refractivity contribution is 5.80. The van der Waals surface area contributed by atoms with Gasteiger partial charge in [-0.15, -0.1) is 0 Å². The average molecular weight is 197 g/mol. The molecule has 0 aliphatic heterocycles. The van der Waals surface area contributed by atoms with Crippen molar-refractivity contribution in [2.24, 2.45) is 0 Å². The second-order valence-corrected chi connectivity index (χ2v) is 2.95. The maximum Gasteiger partial charge on any atom is 0.142 e. The maximum absolute atomic E-state index is 11.4. The lowest BCUT2D eigenvalue weighted by atomic mass is 10.2. The van der Waals surface area contributed by atoms with E-state index in [1.165, 1.54) is 6.33 Å². The van der Waals surface area contributed by atoms with Gasteiger partial charge in [0.25, 0.3) is 0 Å². The van der Waals surface area contributed by atoms with Gasteiger partial charge in [0.1, 0.15) is 17.9 Å². The lowest BCUT2D eigenvalue weighted by Gasteiger charge is -2.01. The van der Waals surface area contributed by atoms with Gasteiger partial charge >= 0.3 is 0 Å². The quantitative estimate of drug-likeness (QED) is 0.664. The fraction of sp³-hybridized carbons (Fsp3) is 0.667. The molecule has 5 heteroatoms. The molecule has 0 spiro atoms. The minimum absolute atomic E-state index is 0.134. The summed E-state index contributed by atoms with van der Waals surface area (Å²) in [5, 5.41) is 3.99. The summed E-state index contributed by atoms with van der Waals surface area (Å²) in [6, 6.07) is 0. The maximum atomic E-state index is 11.4. The highest BCUT2D eigenvalue weighted by Crippen LogP contribution is 1.98. The third-order valence-electron chi connectivity index (χ3n) is 1.94. The van der Waals surface area contributed by atoms with E-state index in [1.807, 2.05) is 6.92 Å². The number of rotatable bonds is 6. The van der Waals surface area contributed by atoms with Gasteiger partial charge in [-0.3, -0.25) is 4.79 Å². The first-order chi connectivity index (χ1) is 6.77. The van der Waals surface area contributed by atoms with Crippen LogP contribution in [0.2, 0.25) is 0 Å². The van der Waals surface area contributed by atoms with E-state index in [0.717, 1.165) is 12.4 Å². The van der Waals surface area contributed by atoms with E-state index in [2.05, 4.69) is 10.1 Å². The van der Waals surface area contributed by atoms with E-state index in [9.17, 15) is 4.79 Å². The molecule has 1 rings (SSSR count). The number of ketones is 1. The standard InChI is InChI=1S/C9H15N3O2/c1-3-12-9(10-7-11-12)6-8(13)4-5-14-2/h7H,3-6H2,1-2H3. The number of nitrogens with zero attached hydrogens (tertiary/aromatic N) is 3. The molecule has 0 saturated carbocycles. The van der Waals surface area contributed by atoms with Crippen LogP contribution in [0.5, 0.6) is 0 Å². The first-order valence-corrected chi connectivity index (χ1v) is 4.65. The van der Waals surface area contributed by atoms with Crippen LogP contribution in [0.1, 0.15) is 19.2 Å². The monoisotopic (exact) mass is 197 g/mol. The van der Waals surface area contributed by atoms with E-state index in [-0.39, 0.29) is 5.78 Å². The summed E-state index contributed by atoms with van der Waals surface area (Å²) in [6.45, 7) is 3.18. The zero-order chi connectivity index (χ0) is 10.4. The van der Waals surface area contributed by atoms with Gasteiger partial charge in [0.15, 0.2) is 0 Å². The van der Waals surface area contributed by atoms with E-state index in [1.54, 1.807) is 11.8 Å². The molecule has 0 saturated heterocycles. The van der Waals surface area contributed by atoms with E-state index in [4.69, 9.17) is 4.74 Å². The van der Waals surface area contributed by atoms with Crippen molar-refractivity contribution in [3.63, 3.8) is 0 Å². The molecular weight excluding hydrogens is 182 g/mol. The summed E-state index contributed by atoms with van der Waals surface area (Å²) in [5.74, 6) is 0.864. The van der Waals surface area contributed by atoms with Crippen LogP contribution < -0.4 is 0 Å². The Bertz CT molecular complexity index is 296. The zero-order valence-electron chi connectivity index (χ0n) is 8.56. The normalized spacial score (nSPS) is 10.4. The Labute approximate surface area is 83.1 Å². The fourth-order valence-electron chi connectivity index (χ4n) is 1.17. The Morgan fingerprint density at radius 3 is 3.07 bits per heavy atom. The van der Waals surface area contributed by atoms with Crippen LogP contribution in [0, 0.1) is 0 Å². The number of methoxy groups -OCH3 is 1. The molecule has 0 unspecified atom stereocenters. The molecule has 0 aromatic carbocycles. The molecular formula is C9H15N3O2. The largest absolute Gasteiger partial charge is 0.384 e. The molecule has 1 heterocycles. The SMILES string of the molecule is CCn1ncnc1CC(=O)CCOC. The molecule has 78 valence electrons. The summed E-state index contributed by atoms with van der Waals surface area (Å²) in [4.78, 5) is 15.4. The van der Waals surface area contributed by atoms with Gasteiger partial charge in [-0.25, -0.2) is 9.67 Å². The van der Waals surface area contributed by atoms with Crippen molar-refractivity contribution in [2.45, 2.75) is 26.3 Å². The number of aryl methyl sites for hydroxylation is 1. The number of ether oxygens (including phenoxy) is 1. The Kier molecular flexibility index (Phi) is 4.25. The Hall–Kier alpha value is -1.23. The van der Waals surface area contributed by atoms with Crippen molar-refractivity contribution in [2.75, 3.05) is 13.7 Å². The van der Waals surface area contributed by atoms with Crippen molar-refractivity contribution in [1.29, 1.82) is 0 Å². The smallest absolute Gasteiger partial charge is 0.142 e. The summed E-state index contributed by atoms with van der Waals surface area (Å²) in [7, 11) is 1.59. The fourth-order valence-corrected chi connectivity index (χ4v) is 1.17. The third kappa shape index (κ3) is 2.92. The van der Waals surface area contributed by atoms with Gasteiger partial charge in [0.05, 0.1) is 13.0 Å². The number of hydrogen-bond donors (Lipinski definition) is 0. The second-order valence-electron chi connectivity index (χ2n) is 2.95. The molecule has 14 heavy (non-hydrogen) atoms. The highest BCUT2D eigenvalue weighted by Gasteiger charge is 2.08. The molecule has 1 aromatic heterocycles. The number of aromatic nitrogens is 3. The molecule has 0 aliphatic rings. The molecule has 1 aromatic rings. The molecule has 0 radical (unpaired) electrons. The Morgan fingerprint density at radius 1 is 1.64 bits per heavy atom. The predicted octanol–water partition coefficient (Wildman–Crippen LogP) is 0.446.